The van der Waals surface area contributed by atoms with E-state index in [2.05, 4.69) is 26.0 Å². The van der Waals surface area contributed by atoms with Gasteiger partial charge < -0.3 is 20.7 Å². The van der Waals surface area contributed by atoms with Gasteiger partial charge in [0, 0.05) is 30.4 Å². The normalized spacial score (nSPS) is 17.0. The molecule has 3 heterocycles. The van der Waals surface area contributed by atoms with Gasteiger partial charge in [-0.3, -0.25) is 4.79 Å². The number of amides is 1. The molecule has 4 rings (SSSR count). The molecular formula is C20H23FN6O2. The third kappa shape index (κ3) is 3.61. The van der Waals surface area contributed by atoms with Crippen molar-refractivity contribution in [2.75, 3.05) is 24.3 Å². The fraction of sp³-hybridized carbons (Fsp3) is 0.350. The molecule has 3 N–H and O–H groups in total. The molecule has 0 aliphatic carbocycles. The van der Waals surface area contributed by atoms with Crippen LogP contribution in [0, 0.1) is 5.82 Å². The molecule has 3 aromatic rings. The first-order valence-electron chi connectivity index (χ1n) is 9.53. The van der Waals surface area contributed by atoms with E-state index in [9.17, 15) is 9.18 Å². The Hall–Kier alpha value is -3.20. The number of nitrogens with zero attached hydrogens (tertiary/aromatic N) is 3. The van der Waals surface area contributed by atoms with Gasteiger partial charge >= 0.3 is 0 Å². The smallest absolute Gasteiger partial charge is 0.271 e. The number of anilines is 3. The zero-order valence-corrected chi connectivity index (χ0v) is 16.5. The Morgan fingerprint density at radius 2 is 2.21 bits per heavy atom. The highest BCUT2D eigenvalue weighted by Gasteiger charge is 2.20. The van der Waals surface area contributed by atoms with E-state index >= 15 is 0 Å². The van der Waals surface area contributed by atoms with E-state index in [-0.39, 0.29) is 31.0 Å². The molecular weight excluding hydrogens is 375 g/mol. The number of carbonyl (C=O) groups excluding carboxylic acids is 1. The summed E-state index contributed by atoms with van der Waals surface area (Å²) in [6, 6.07) is 4.82. The van der Waals surface area contributed by atoms with Crippen LogP contribution >= 0.6 is 0 Å². The number of hydrogen-bond acceptors (Lipinski definition) is 6. The summed E-state index contributed by atoms with van der Waals surface area (Å²) in [5.41, 5.74) is 3.58. The van der Waals surface area contributed by atoms with Crippen LogP contribution < -0.4 is 16.0 Å². The second-order valence-corrected chi connectivity index (χ2v) is 7.04. The average molecular weight is 398 g/mol. The first-order valence-corrected chi connectivity index (χ1v) is 9.53. The second-order valence-electron chi connectivity index (χ2n) is 7.04. The number of halogens is 1. The summed E-state index contributed by atoms with van der Waals surface area (Å²) in [6.07, 6.45) is 2.15. The van der Waals surface area contributed by atoms with Gasteiger partial charge in [0.2, 0.25) is 0 Å². The molecule has 0 radical (unpaired) electrons. The van der Waals surface area contributed by atoms with E-state index in [0.717, 1.165) is 11.3 Å². The van der Waals surface area contributed by atoms with Crippen molar-refractivity contribution in [3.05, 3.63) is 47.0 Å². The Kier molecular flexibility index (Phi) is 5.06. The number of hydrogen-bond donors (Lipinski definition) is 3. The first-order chi connectivity index (χ1) is 14.0. The van der Waals surface area contributed by atoms with Gasteiger partial charge in [-0.05, 0) is 31.0 Å². The molecule has 29 heavy (non-hydrogen) atoms. The minimum absolute atomic E-state index is 0.108. The number of benzene rings is 1. The number of nitrogens with one attached hydrogen (secondary N) is 3. The van der Waals surface area contributed by atoms with Crippen molar-refractivity contribution in [3.8, 4) is 0 Å². The highest BCUT2D eigenvalue weighted by Crippen LogP contribution is 2.27. The van der Waals surface area contributed by atoms with Crippen molar-refractivity contribution < 1.29 is 13.9 Å². The van der Waals surface area contributed by atoms with E-state index in [1.807, 2.05) is 13.8 Å². The van der Waals surface area contributed by atoms with Crippen LogP contribution in [-0.2, 0) is 17.8 Å². The molecule has 1 aromatic carbocycles. The predicted molar refractivity (Wildman–Crippen MR) is 108 cm³/mol. The second kappa shape index (κ2) is 7.67. The largest absolute Gasteiger partial charge is 0.385 e. The van der Waals surface area contributed by atoms with Gasteiger partial charge in [0.15, 0.2) is 17.2 Å². The summed E-state index contributed by atoms with van der Waals surface area (Å²) in [5.74, 6) is -0.115. The summed E-state index contributed by atoms with van der Waals surface area (Å²) in [5, 5.41) is 13.8. The molecule has 4 bridgehead atoms. The highest BCUT2D eigenvalue weighted by atomic mass is 19.1. The SMILES string of the molecule is CCc1cc(F)c2cc1Nc1cc(NC)c3ncc(n3n1)C(=O)NC(C)COC2. The summed E-state index contributed by atoms with van der Waals surface area (Å²) < 4.78 is 21.6. The molecule has 1 aliphatic rings. The summed E-state index contributed by atoms with van der Waals surface area (Å²) in [4.78, 5) is 17.1. The van der Waals surface area contributed by atoms with Crippen LogP contribution in [0.1, 0.15) is 35.5 Å². The van der Waals surface area contributed by atoms with Crippen molar-refractivity contribution in [1.82, 2.24) is 19.9 Å². The van der Waals surface area contributed by atoms with Crippen LogP contribution in [-0.4, -0.2) is 40.2 Å². The number of carbonyl (C=O) groups is 1. The zero-order valence-electron chi connectivity index (χ0n) is 16.5. The standard InChI is InChI=1S/C20H23FN6O2/c1-4-12-5-14(21)13-6-15(12)25-18-7-16(22-3)19-23-8-17(27(19)26-18)20(28)24-11(2)9-29-10-13/h5-8,11,22H,4,9-10H2,1-3H3,(H,24,28)(H,25,26). The molecule has 0 spiro atoms. The van der Waals surface area contributed by atoms with Crippen molar-refractivity contribution in [3.63, 3.8) is 0 Å². The predicted octanol–water partition coefficient (Wildman–Crippen LogP) is 2.86. The maximum atomic E-state index is 14.5. The van der Waals surface area contributed by atoms with Gasteiger partial charge in [0.05, 0.1) is 25.1 Å². The Bertz CT molecular complexity index is 1080. The van der Waals surface area contributed by atoms with Crippen LogP contribution in [0.4, 0.5) is 21.6 Å². The minimum Gasteiger partial charge on any atom is -0.385 e. The van der Waals surface area contributed by atoms with E-state index in [4.69, 9.17) is 4.74 Å². The molecule has 0 fully saturated rings. The van der Waals surface area contributed by atoms with Gasteiger partial charge in [0.25, 0.3) is 5.91 Å². The summed E-state index contributed by atoms with van der Waals surface area (Å²) >= 11 is 0. The van der Waals surface area contributed by atoms with Crippen molar-refractivity contribution >= 4 is 28.7 Å². The summed E-state index contributed by atoms with van der Waals surface area (Å²) in [7, 11) is 1.78. The molecule has 9 heteroatoms. The van der Waals surface area contributed by atoms with Crippen molar-refractivity contribution in [1.29, 1.82) is 0 Å². The van der Waals surface area contributed by atoms with Crippen LogP contribution in [0.5, 0.6) is 0 Å². The van der Waals surface area contributed by atoms with E-state index in [1.54, 1.807) is 19.2 Å². The van der Waals surface area contributed by atoms with E-state index in [1.165, 1.54) is 16.8 Å². The Balaban J connectivity index is 1.90. The Morgan fingerprint density at radius 1 is 1.38 bits per heavy atom. The van der Waals surface area contributed by atoms with E-state index in [0.29, 0.717) is 34.8 Å². The average Bonchev–Trinajstić information content (AvgIpc) is 3.12. The number of ether oxygens (including phenoxy) is 1. The third-order valence-corrected chi connectivity index (χ3v) is 4.89. The molecule has 0 saturated carbocycles. The Morgan fingerprint density at radius 3 is 2.97 bits per heavy atom. The number of aryl methyl sites for hydroxylation is 1. The minimum atomic E-state index is -0.313. The lowest BCUT2D eigenvalue weighted by atomic mass is 10.1. The summed E-state index contributed by atoms with van der Waals surface area (Å²) in [6.45, 7) is 4.15. The van der Waals surface area contributed by atoms with Gasteiger partial charge in [-0.15, -0.1) is 5.10 Å². The maximum absolute atomic E-state index is 14.5. The fourth-order valence-corrected chi connectivity index (χ4v) is 3.37. The topological polar surface area (TPSA) is 92.6 Å². The highest BCUT2D eigenvalue weighted by molar-refractivity contribution is 5.94. The quantitative estimate of drug-likeness (QED) is 0.615. The zero-order chi connectivity index (χ0) is 20.5. The fourth-order valence-electron chi connectivity index (χ4n) is 3.37. The number of aromatic nitrogens is 3. The number of rotatable bonds is 2. The van der Waals surface area contributed by atoms with Crippen molar-refractivity contribution in [2.24, 2.45) is 0 Å². The lowest BCUT2D eigenvalue weighted by Gasteiger charge is -2.18. The lowest BCUT2D eigenvalue weighted by Crippen LogP contribution is -2.36. The van der Waals surface area contributed by atoms with Crippen LogP contribution in [0.3, 0.4) is 0 Å². The van der Waals surface area contributed by atoms with Gasteiger partial charge in [-0.25, -0.2) is 13.9 Å². The molecule has 1 atom stereocenters. The van der Waals surface area contributed by atoms with Crippen LogP contribution in [0.25, 0.3) is 5.65 Å². The molecule has 0 saturated heterocycles. The lowest BCUT2D eigenvalue weighted by molar-refractivity contribution is 0.0808. The number of imidazole rings is 1. The molecule has 2 aromatic heterocycles. The maximum Gasteiger partial charge on any atom is 0.271 e. The van der Waals surface area contributed by atoms with E-state index < -0.39 is 0 Å². The molecule has 1 aliphatic heterocycles. The molecule has 8 nitrogen and oxygen atoms in total. The Labute approximate surface area is 167 Å². The van der Waals surface area contributed by atoms with Crippen molar-refractivity contribution in [2.45, 2.75) is 32.9 Å². The van der Waals surface area contributed by atoms with Crippen LogP contribution in [0.15, 0.2) is 24.4 Å². The van der Waals surface area contributed by atoms with Crippen LogP contribution in [0.2, 0.25) is 0 Å². The van der Waals surface area contributed by atoms with Gasteiger partial charge in [0.1, 0.15) is 5.82 Å². The van der Waals surface area contributed by atoms with Gasteiger partial charge in [-0.2, -0.15) is 0 Å². The first kappa shape index (κ1) is 19.1. The molecule has 1 amide bonds. The van der Waals surface area contributed by atoms with Gasteiger partial charge in [-0.1, -0.05) is 6.92 Å². The third-order valence-electron chi connectivity index (χ3n) is 4.89. The molecule has 1 unspecified atom stereocenters. The monoisotopic (exact) mass is 398 g/mol. The molecule has 152 valence electrons. The number of fused-ring (bicyclic) bond motifs is 3.